The van der Waals surface area contributed by atoms with Crippen LogP contribution in [-0.4, -0.2) is 56.9 Å². The number of hydrogen-bond acceptors (Lipinski definition) is 5. The largest absolute Gasteiger partial charge is 0.381 e. The van der Waals surface area contributed by atoms with Gasteiger partial charge in [0.2, 0.25) is 5.91 Å². The summed E-state index contributed by atoms with van der Waals surface area (Å²) in [4.78, 5) is 18.2. The number of hydrogen-bond donors (Lipinski definition) is 2. The van der Waals surface area contributed by atoms with Gasteiger partial charge in [-0.2, -0.15) is 0 Å². The van der Waals surface area contributed by atoms with Crippen LogP contribution in [-0.2, 0) is 35.6 Å². The van der Waals surface area contributed by atoms with Gasteiger partial charge < -0.3 is 19.6 Å². The monoisotopic (exact) mass is 394 g/mol. The topological polar surface area (TPSA) is 88.1 Å². The Bertz CT molecular complexity index is 971. The number of carbonyl (C=O) groups excluding carboxylic acids is 1. The summed E-state index contributed by atoms with van der Waals surface area (Å²) in [5, 5.41) is 12.9. The fraction of sp³-hybridized carbons (Fsp3) is 0.476. The fourth-order valence-corrected chi connectivity index (χ4v) is 4.23. The average molecular weight is 394 g/mol. The van der Waals surface area contributed by atoms with Gasteiger partial charge in [0.15, 0.2) is 5.82 Å². The number of H-pyrrole nitrogens is 1. The molecular weight excluding hydrogens is 368 g/mol. The molecule has 0 aliphatic carbocycles. The summed E-state index contributed by atoms with van der Waals surface area (Å²) < 4.78 is 7.46. The maximum Gasteiger partial charge on any atom is 0.225 e. The number of amides is 1. The first-order chi connectivity index (χ1) is 14.3. The van der Waals surface area contributed by atoms with Crippen molar-refractivity contribution in [3.05, 3.63) is 47.7 Å². The molecule has 29 heavy (non-hydrogen) atoms. The molecule has 4 heterocycles. The SMILES string of the molecule is O=C(NCc1nnc2n1CCN(Cc1cc3ccccc3[nH]1)CC2)C1CCOC1. The minimum absolute atomic E-state index is 0.0340. The van der Waals surface area contributed by atoms with Crippen molar-refractivity contribution in [2.24, 2.45) is 5.92 Å². The zero-order chi connectivity index (χ0) is 19.6. The summed E-state index contributed by atoms with van der Waals surface area (Å²) >= 11 is 0. The first-order valence-electron chi connectivity index (χ1n) is 10.3. The summed E-state index contributed by atoms with van der Waals surface area (Å²) in [7, 11) is 0. The minimum Gasteiger partial charge on any atom is -0.381 e. The molecule has 3 aromatic rings. The maximum absolute atomic E-state index is 12.2. The van der Waals surface area contributed by atoms with Gasteiger partial charge in [0.1, 0.15) is 5.82 Å². The summed E-state index contributed by atoms with van der Waals surface area (Å²) in [5.74, 6) is 1.85. The van der Waals surface area contributed by atoms with Crippen molar-refractivity contribution in [1.29, 1.82) is 0 Å². The van der Waals surface area contributed by atoms with E-state index in [4.69, 9.17) is 4.74 Å². The van der Waals surface area contributed by atoms with Crippen molar-refractivity contribution >= 4 is 16.8 Å². The number of para-hydroxylation sites is 1. The number of nitrogens with zero attached hydrogens (tertiary/aromatic N) is 4. The van der Waals surface area contributed by atoms with Gasteiger partial charge in [-0.15, -0.1) is 10.2 Å². The first-order valence-corrected chi connectivity index (χ1v) is 10.3. The van der Waals surface area contributed by atoms with E-state index in [1.54, 1.807) is 0 Å². The van der Waals surface area contributed by atoms with E-state index in [9.17, 15) is 4.79 Å². The molecule has 1 amide bonds. The molecular formula is C21H26N6O2. The highest BCUT2D eigenvalue weighted by Gasteiger charge is 2.24. The van der Waals surface area contributed by atoms with Crippen molar-refractivity contribution in [1.82, 2.24) is 30.0 Å². The van der Waals surface area contributed by atoms with Gasteiger partial charge in [0.05, 0.1) is 19.1 Å². The molecule has 1 atom stereocenters. The lowest BCUT2D eigenvalue weighted by Crippen LogP contribution is -2.32. The van der Waals surface area contributed by atoms with Gasteiger partial charge in [0.25, 0.3) is 0 Å². The van der Waals surface area contributed by atoms with Crippen LogP contribution < -0.4 is 5.32 Å². The molecule has 8 heteroatoms. The Morgan fingerprint density at radius 1 is 1.24 bits per heavy atom. The molecule has 8 nitrogen and oxygen atoms in total. The van der Waals surface area contributed by atoms with Crippen LogP contribution in [0.5, 0.6) is 0 Å². The lowest BCUT2D eigenvalue weighted by atomic mass is 10.1. The van der Waals surface area contributed by atoms with Gasteiger partial charge in [0, 0.05) is 50.4 Å². The Morgan fingerprint density at radius 2 is 2.17 bits per heavy atom. The minimum atomic E-state index is -0.0340. The Balaban J connectivity index is 1.20. The molecule has 152 valence electrons. The summed E-state index contributed by atoms with van der Waals surface area (Å²) in [6, 6.07) is 10.6. The van der Waals surface area contributed by atoms with Crippen LogP contribution >= 0.6 is 0 Å². The highest BCUT2D eigenvalue weighted by atomic mass is 16.5. The molecule has 1 saturated heterocycles. The highest BCUT2D eigenvalue weighted by Crippen LogP contribution is 2.18. The molecule has 1 fully saturated rings. The Kier molecular flexibility index (Phi) is 5.03. The number of rotatable bonds is 5. The Labute approximate surface area is 169 Å². The smallest absolute Gasteiger partial charge is 0.225 e. The number of aromatic amines is 1. The number of ether oxygens (including phenoxy) is 1. The van der Waals surface area contributed by atoms with Gasteiger partial charge in [-0.3, -0.25) is 9.69 Å². The number of benzene rings is 1. The van der Waals surface area contributed by atoms with Crippen molar-refractivity contribution < 1.29 is 9.53 Å². The third-order valence-electron chi connectivity index (χ3n) is 5.90. The van der Waals surface area contributed by atoms with Gasteiger partial charge >= 0.3 is 0 Å². The standard InChI is InChI=1S/C21H26N6O2/c28-21(16-6-10-29-14-16)22-12-20-25-24-19-5-7-26(8-9-27(19)20)13-17-11-15-3-1-2-4-18(15)23-17/h1-4,11,16,23H,5-10,12-14H2,(H,22,28). The van der Waals surface area contributed by atoms with Gasteiger partial charge in [-0.25, -0.2) is 0 Å². The predicted molar refractivity (Wildman–Crippen MR) is 108 cm³/mol. The second-order valence-corrected chi connectivity index (χ2v) is 7.87. The normalized spacial score (nSPS) is 19.9. The predicted octanol–water partition coefficient (Wildman–Crippen LogP) is 1.47. The second kappa shape index (κ2) is 7.96. The third kappa shape index (κ3) is 3.90. The zero-order valence-corrected chi connectivity index (χ0v) is 16.4. The Hall–Kier alpha value is -2.71. The molecule has 0 bridgehead atoms. The molecule has 2 N–H and O–H groups in total. The molecule has 5 rings (SSSR count). The van der Waals surface area contributed by atoms with Crippen molar-refractivity contribution in [2.45, 2.75) is 32.5 Å². The van der Waals surface area contributed by atoms with E-state index in [2.05, 4.69) is 60.3 Å². The van der Waals surface area contributed by atoms with Crippen LogP contribution in [0, 0.1) is 5.92 Å². The van der Waals surface area contributed by atoms with Gasteiger partial charge in [-0.05, 0) is 23.9 Å². The highest BCUT2D eigenvalue weighted by molar-refractivity contribution is 5.80. The lowest BCUT2D eigenvalue weighted by molar-refractivity contribution is -0.125. The molecule has 2 aromatic heterocycles. The maximum atomic E-state index is 12.2. The number of nitrogens with one attached hydrogen (secondary N) is 2. The van der Waals surface area contributed by atoms with Crippen LogP contribution in [0.1, 0.15) is 23.8 Å². The fourth-order valence-electron chi connectivity index (χ4n) is 4.23. The first kappa shape index (κ1) is 18.3. The van der Waals surface area contributed by atoms with Crippen LogP contribution in [0.3, 0.4) is 0 Å². The molecule has 2 aliphatic rings. The quantitative estimate of drug-likeness (QED) is 0.684. The molecule has 0 saturated carbocycles. The summed E-state index contributed by atoms with van der Waals surface area (Å²) in [6.07, 6.45) is 1.66. The second-order valence-electron chi connectivity index (χ2n) is 7.87. The average Bonchev–Trinajstić information content (AvgIpc) is 3.45. The van der Waals surface area contributed by atoms with Crippen LogP contribution in [0.15, 0.2) is 30.3 Å². The van der Waals surface area contributed by atoms with Gasteiger partial charge in [-0.1, -0.05) is 18.2 Å². The van der Waals surface area contributed by atoms with E-state index in [-0.39, 0.29) is 11.8 Å². The van der Waals surface area contributed by atoms with Crippen molar-refractivity contribution in [2.75, 3.05) is 26.3 Å². The van der Waals surface area contributed by atoms with E-state index < -0.39 is 0 Å². The molecule has 0 spiro atoms. The zero-order valence-electron chi connectivity index (χ0n) is 16.4. The lowest BCUT2D eigenvalue weighted by Gasteiger charge is -2.18. The van der Waals surface area contributed by atoms with E-state index in [0.29, 0.717) is 19.8 Å². The molecule has 1 unspecified atom stereocenters. The van der Waals surface area contributed by atoms with Crippen LogP contribution in [0.4, 0.5) is 0 Å². The van der Waals surface area contributed by atoms with E-state index in [1.165, 1.54) is 16.6 Å². The van der Waals surface area contributed by atoms with E-state index in [0.717, 1.165) is 50.7 Å². The Morgan fingerprint density at radius 3 is 3.03 bits per heavy atom. The molecule has 1 aromatic carbocycles. The third-order valence-corrected chi connectivity index (χ3v) is 5.90. The van der Waals surface area contributed by atoms with Crippen LogP contribution in [0.25, 0.3) is 10.9 Å². The van der Waals surface area contributed by atoms with Crippen molar-refractivity contribution in [3.8, 4) is 0 Å². The van der Waals surface area contributed by atoms with Crippen molar-refractivity contribution in [3.63, 3.8) is 0 Å². The summed E-state index contributed by atoms with van der Waals surface area (Å²) in [5.41, 5.74) is 2.41. The molecule has 2 aliphatic heterocycles. The summed E-state index contributed by atoms with van der Waals surface area (Å²) in [6.45, 7) is 5.21. The number of aromatic nitrogens is 4. The molecule has 0 radical (unpaired) electrons. The van der Waals surface area contributed by atoms with Crippen LogP contribution in [0.2, 0.25) is 0 Å². The van der Waals surface area contributed by atoms with E-state index >= 15 is 0 Å². The number of carbonyl (C=O) groups is 1. The number of fused-ring (bicyclic) bond motifs is 2. The van der Waals surface area contributed by atoms with E-state index in [1.807, 2.05) is 0 Å².